The summed E-state index contributed by atoms with van der Waals surface area (Å²) in [6.07, 6.45) is 0. The standard InChI is InChI=1S/C9H14N2O8.4Na/c12-6(13)1-10(2-7(14)15)5-11(3-8(16)17)4-9(18)19;;;;/h1-5H2,(H,12,13)(H,14,15)(H,16,17)(H,18,19);;;;/q;4*+1/p-4. The maximum absolute atomic E-state index is 10.4. The summed E-state index contributed by atoms with van der Waals surface area (Å²) < 4.78 is 0. The van der Waals surface area contributed by atoms with E-state index in [0.29, 0.717) is 0 Å². The third-order valence-electron chi connectivity index (χ3n) is 1.81. The van der Waals surface area contributed by atoms with Crippen LogP contribution in [0.25, 0.3) is 0 Å². The first-order chi connectivity index (χ1) is 8.70. The van der Waals surface area contributed by atoms with Crippen LogP contribution in [0.3, 0.4) is 0 Å². The van der Waals surface area contributed by atoms with Gasteiger partial charge in [-0.3, -0.25) is 9.80 Å². The Labute approximate surface area is 221 Å². The largest absolute Gasteiger partial charge is 1.00 e. The molecule has 0 rings (SSSR count). The molecule has 0 saturated heterocycles. The number of carboxylic acids is 4. The summed E-state index contributed by atoms with van der Waals surface area (Å²) in [5, 5.41) is 41.5. The van der Waals surface area contributed by atoms with Crippen molar-refractivity contribution in [3.05, 3.63) is 0 Å². The molecule has 0 aromatic rings. The van der Waals surface area contributed by atoms with E-state index in [1.165, 1.54) is 0 Å². The molecule has 0 amide bonds. The third-order valence-corrected chi connectivity index (χ3v) is 1.81. The SMILES string of the molecule is O=C([O-])CN(CC(=O)[O-])CN(CC(=O)[O-])CC(=O)[O-].[Na+].[Na+].[Na+].[Na+]. The number of hydrogen-bond acceptors (Lipinski definition) is 10. The molecular formula is C9H10N2Na4O8. The second kappa shape index (κ2) is 20.1. The van der Waals surface area contributed by atoms with Gasteiger partial charge in [0.2, 0.25) is 0 Å². The first-order valence-corrected chi connectivity index (χ1v) is 4.94. The van der Waals surface area contributed by atoms with Gasteiger partial charge in [0.05, 0.1) is 30.5 Å². The van der Waals surface area contributed by atoms with Crippen molar-refractivity contribution in [2.24, 2.45) is 0 Å². The minimum Gasteiger partial charge on any atom is -0.549 e. The molecule has 0 unspecified atom stereocenters. The molecule has 0 radical (unpaired) electrons. The normalized spacial score (nSPS) is 8.78. The zero-order valence-electron chi connectivity index (χ0n) is 13.7. The van der Waals surface area contributed by atoms with Crippen LogP contribution in [0.2, 0.25) is 0 Å². The van der Waals surface area contributed by atoms with E-state index in [1.807, 2.05) is 0 Å². The Bertz CT molecular complexity index is 319. The van der Waals surface area contributed by atoms with Crippen LogP contribution in [0.4, 0.5) is 0 Å². The minimum absolute atomic E-state index is 0. The van der Waals surface area contributed by atoms with E-state index in [1.54, 1.807) is 0 Å². The van der Waals surface area contributed by atoms with Crippen LogP contribution in [0, 0.1) is 0 Å². The monoisotopic (exact) mass is 366 g/mol. The molecule has 0 atom stereocenters. The second-order valence-electron chi connectivity index (χ2n) is 3.60. The summed E-state index contributed by atoms with van der Waals surface area (Å²) in [4.78, 5) is 43.0. The molecule has 0 aliphatic carbocycles. The zero-order chi connectivity index (χ0) is 15.0. The van der Waals surface area contributed by atoms with Gasteiger partial charge in [-0.25, -0.2) is 0 Å². The Kier molecular flexibility index (Phi) is 31.3. The summed E-state index contributed by atoms with van der Waals surface area (Å²) in [7, 11) is 0. The molecule has 0 saturated carbocycles. The Balaban J connectivity index is -0.000000270. The molecule has 0 aliphatic heterocycles. The van der Waals surface area contributed by atoms with Gasteiger partial charge >= 0.3 is 118 Å². The first-order valence-electron chi connectivity index (χ1n) is 4.94. The molecule has 0 aliphatic rings. The molecule has 0 N–H and O–H groups in total. The third kappa shape index (κ3) is 23.8. The average molecular weight is 366 g/mol. The molecule has 108 valence electrons. The van der Waals surface area contributed by atoms with Gasteiger partial charge in [-0.1, -0.05) is 0 Å². The number of aliphatic carboxylic acids is 4. The van der Waals surface area contributed by atoms with Gasteiger partial charge in [0, 0.05) is 26.2 Å². The van der Waals surface area contributed by atoms with E-state index >= 15 is 0 Å². The Morgan fingerprint density at radius 2 is 0.696 bits per heavy atom. The number of hydrogen-bond donors (Lipinski definition) is 0. The van der Waals surface area contributed by atoms with Crippen LogP contribution in [0.15, 0.2) is 0 Å². The Morgan fingerprint density at radius 3 is 0.826 bits per heavy atom. The van der Waals surface area contributed by atoms with Crippen molar-refractivity contribution in [3.63, 3.8) is 0 Å². The van der Waals surface area contributed by atoms with E-state index in [-0.39, 0.29) is 118 Å². The molecule has 0 aromatic heterocycles. The fourth-order valence-electron chi connectivity index (χ4n) is 1.32. The van der Waals surface area contributed by atoms with Crippen LogP contribution < -0.4 is 139 Å². The Morgan fingerprint density at radius 1 is 0.522 bits per heavy atom. The second-order valence-corrected chi connectivity index (χ2v) is 3.60. The van der Waals surface area contributed by atoms with Crippen molar-refractivity contribution in [1.82, 2.24) is 9.80 Å². The van der Waals surface area contributed by atoms with Crippen molar-refractivity contribution in [2.45, 2.75) is 0 Å². The molecule has 0 aromatic carbocycles. The molecule has 0 bridgehead atoms. The summed E-state index contributed by atoms with van der Waals surface area (Å²) in [5.74, 6) is -6.43. The topological polar surface area (TPSA) is 167 Å². The van der Waals surface area contributed by atoms with Crippen LogP contribution >= 0.6 is 0 Å². The molecule has 0 spiro atoms. The number of carbonyl (C=O) groups is 4. The van der Waals surface area contributed by atoms with Gasteiger partial charge in [-0.2, -0.15) is 0 Å². The molecule has 0 fully saturated rings. The van der Waals surface area contributed by atoms with Crippen molar-refractivity contribution >= 4 is 23.9 Å². The summed E-state index contributed by atoms with van der Waals surface area (Å²) in [5.41, 5.74) is 0. The average Bonchev–Trinajstić information content (AvgIpc) is 2.11. The van der Waals surface area contributed by atoms with Crippen LogP contribution in [-0.2, 0) is 19.2 Å². The van der Waals surface area contributed by atoms with Crippen molar-refractivity contribution in [2.75, 3.05) is 32.8 Å². The number of rotatable bonds is 10. The van der Waals surface area contributed by atoms with Crippen LogP contribution in [0.1, 0.15) is 0 Å². The fraction of sp³-hybridized carbons (Fsp3) is 0.556. The van der Waals surface area contributed by atoms with Crippen LogP contribution in [-0.4, -0.2) is 66.5 Å². The molecule has 14 heteroatoms. The van der Waals surface area contributed by atoms with Crippen molar-refractivity contribution in [1.29, 1.82) is 0 Å². The van der Waals surface area contributed by atoms with Gasteiger partial charge in [0.15, 0.2) is 0 Å². The molecule has 0 heterocycles. The van der Waals surface area contributed by atoms with Crippen LogP contribution in [0.5, 0.6) is 0 Å². The smallest absolute Gasteiger partial charge is 0.549 e. The van der Waals surface area contributed by atoms with Gasteiger partial charge in [-0.05, 0) is 0 Å². The quantitative estimate of drug-likeness (QED) is 0.267. The molecule has 23 heavy (non-hydrogen) atoms. The zero-order valence-corrected chi connectivity index (χ0v) is 21.7. The predicted molar refractivity (Wildman–Crippen MR) is 48.0 cm³/mol. The van der Waals surface area contributed by atoms with Crippen molar-refractivity contribution < 1.29 is 158 Å². The minimum atomic E-state index is -1.61. The molecule has 10 nitrogen and oxygen atoms in total. The number of carbonyl (C=O) groups excluding carboxylic acids is 4. The molecular weight excluding hydrogens is 356 g/mol. The first kappa shape index (κ1) is 35.8. The Hall–Kier alpha value is 1.80. The fourth-order valence-corrected chi connectivity index (χ4v) is 1.32. The van der Waals surface area contributed by atoms with E-state index in [4.69, 9.17) is 0 Å². The van der Waals surface area contributed by atoms with Gasteiger partial charge < -0.3 is 39.6 Å². The van der Waals surface area contributed by atoms with E-state index in [9.17, 15) is 39.6 Å². The number of carboxylic acid groups (broad SMARTS) is 4. The van der Waals surface area contributed by atoms with Gasteiger partial charge in [-0.15, -0.1) is 0 Å². The summed E-state index contributed by atoms with van der Waals surface area (Å²) in [6, 6.07) is 0. The number of nitrogens with zero attached hydrogens (tertiary/aromatic N) is 2. The summed E-state index contributed by atoms with van der Waals surface area (Å²) >= 11 is 0. The summed E-state index contributed by atoms with van der Waals surface area (Å²) in [6.45, 7) is -3.87. The van der Waals surface area contributed by atoms with E-state index in [2.05, 4.69) is 0 Å². The predicted octanol–water partition coefficient (Wildman–Crippen LogP) is -19.4. The maximum Gasteiger partial charge on any atom is 1.00 e. The van der Waals surface area contributed by atoms with E-state index in [0.717, 1.165) is 9.80 Å². The maximum atomic E-state index is 10.4. The van der Waals surface area contributed by atoms with Crippen molar-refractivity contribution in [3.8, 4) is 0 Å². The van der Waals surface area contributed by atoms with Gasteiger partial charge in [0.1, 0.15) is 0 Å². The van der Waals surface area contributed by atoms with Gasteiger partial charge in [0.25, 0.3) is 0 Å². The van der Waals surface area contributed by atoms with E-state index < -0.39 is 56.7 Å².